The number of benzene rings is 2. The van der Waals surface area contributed by atoms with Crippen molar-refractivity contribution in [2.45, 2.75) is 19.8 Å². The van der Waals surface area contributed by atoms with Crippen LogP contribution in [0.1, 0.15) is 35.7 Å². The molecule has 0 aliphatic carbocycles. The fourth-order valence-electron chi connectivity index (χ4n) is 2.48. The quantitative estimate of drug-likeness (QED) is 0.767. The van der Waals surface area contributed by atoms with E-state index in [1.165, 1.54) is 0 Å². The van der Waals surface area contributed by atoms with Gasteiger partial charge in [0.2, 0.25) is 0 Å². The van der Waals surface area contributed by atoms with E-state index in [2.05, 4.69) is 29.4 Å². The summed E-state index contributed by atoms with van der Waals surface area (Å²) < 4.78 is 5.32. The zero-order valence-electron chi connectivity index (χ0n) is 13.4. The fraction of sp³-hybridized carbons (Fsp3) is 0.222. The van der Waals surface area contributed by atoms with Gasteiger partial charge in [-0.25, -0.2) is 0 Å². The van der Waals surface area contributed by atoms with Crippen LogP contribution < -0.4 is 10.1 Å². The third kappa shape index (κ3) is 3.04. The normalized spacial score (nSPS) is 11.0. The maximum atomic E-state index is 12.6. The van der Waals surface area contributed by atoms with Crippen molar-refractivity contribution >= 4 is 22.5 Å². The Kier molecular flexibility index (Phi) is 4.02. The average Bonchev–Trinajstić information content (AvgIpc) is 3.01. The van der Waals surface area contributed by atoms with Gasteiger partial charge in [0.1, 0.15) is 5.75 Å². The molecular formula is C18H19N3O2. The lowest BCUT2D eigenvalue weighted by Gasteiger charge is -2.13. The van der Waals surface area contributed by atoms with Gasteiger partial charge >= 0.3 is 0 Å². The molecule has 1 aromatic heterocycles. The lowest BCUT2D eigenvalue weighted by Crippen LogP contribution is -2.13. The highest BCUT2D eigenvalue weighted by molar-refractivity contribution is 6.07. The summed E-state index contributed by atoms with van der Waals surface area (Å²) in [5, 5.41) is 10.8. The first-order valence-electron chi connectivity index (χ1n) is 7.51. The van der Waals surface area contributed by atoms with Gasteiger partial charge in [-0.15, -0.1) is 0 Å². The van der Waals surface area contributed by atoms with Crippen LogP contribution >= 0.6 is 0 Å². The summed E-state index contributed by atoms with van der Waals surface area (Å²) in [6.07, 6.45) is 1.75. The second kappa shape index (κ2) is 6.12. The third-order valence-electron chi connectivity index (χ3n) is 3.83. The van der Waals surface area contributed by atoms with Crippen LogP contribution in [0.2, 0.25) is 0 Å². The molecule has 0 saturated carbocycles. The SMILES string of the molecule is COc1ccc(C(C)C)cc1C(=O)Nc1ccc2cn[nH]c2c1. The number of amides is 1. The Morgan fingerprint density at radius 1 is 1.22 bits per heavy atom. The number of rotatable bonds is 4. The highest BCUT2D eigenvalue weighted by Gasteiger charge is 2.15. The van der Waals surface area contributed by atoms with Crippen molar-refractivity contribution in [3.8, 4) is 5.75 Å². The molecule has 23 heavy (non-hydrogen) atoms. The van der Waals surface area contributed by atoms with Gasteiger partial charge in [-0.2, -0.15) is 5.10 Å². The van der Waals surface area contributed by atoms with Crippen LogP contribution in [0.15, 0.2) is 42.6 Å². The topological polar surface area (TPSA) is 67.0 Å². The summed E-state index contributed by atoms with van der Waals surface area (Å²) in [4.78, 5) is 12.6. The van der Waals surface area contributed by atoms with E-state index >= 15 is 0 Å². The number of carbonyl (C=O) groups excluding carboxylic acids is 1. The maximum absolute atomic E-state index is 12.6. The second-order valence-electron chi connectivity index (χ2n) is 5.74. The van der Waals surface area contributed by atoms with E-state index in [4.69, 9.17) is 4.74 Å². The van der Waals surface area contributed by atoms with Crippen molar-refractivity contribution < 1.29 is 9.53 Å². The van der Waals surface area contributed by atoms with Crippen LogP contribution in [0.3, 0.4) is 0 Å². The van der Waals surface area contributed by atoms with Gasteiger partial charge in [0.05, 0.1) is 24.4 Å². The molecule has 0 saturated heterocycles. The zero-order chi connectivity index (χ0) is 16.4. The van der Waals surface area contributed by atoms with Crippen molar-refractivity contribution in [1.82, 2.24) is 10.2 Å². The summed E-state index contributed by atoms with van der Waals surface area (Å²) in [5.41, 5.74) is 3.22. The Morgan fingerprint density at radius 3 is 2.78 bits per heavy atom. The summed E-state index contributed by atoms with van der Waals surface area (Å²) in [5.74, 6) is 0.714. The van der Waals surface area contributed by atoms with Gasteiger partial charge < -0.3 is 10.1 Å². The maximum Gasteiger partial charge on any atom is 0.259 e. The molecule has 2 N–H and O–H groups in total. The van der Waals surface area contributed by atoms with E-state index in [-0.39, 0.29) is 5.91 Å². The fourth-order valence-corrected chi connectivity index (χ4v) is 2.48. The van der Waals surface area contributed by atoms with Gasteiger partial charge in [-0.05, 0) is 41.8 Å². The Balaban J connectivity index is 1.91. The monoisotopic (exact) mass is 309 g/mol. The molecule has 0 bridgehead atoms. The molecule has 0 aliphatic rings. The summed E-state index contributed by atoms with van der Waals surface area (Å²) in [7, 11) is 1.57. The van der Waals surface area contributed by atoms with E-state index < -0.39 is 0 Å². The molecule has 118 valence electrons. The number of ether oxygens (including phenoxy) is 1. The lowest BCUT2D eigenvalue weighted by atomic mass is 10.00. The summed E-state index contributed by atoms with van der Waals surface area (Å²) in [6.45, 7) is 4.19. The number of aromatic amines is 1. The number of fused-ring (bicyclic) bond motifs is 1. The minimum absolute atomic E-state index is 0.191. The van der Waals surface area contributed by atoms with Gasteiger partial charge in [0.15, 0.2) is 0 Å². The van der Waals surface area contributed by atoms with Crippen LogP contribution in [-0.4, -0.2) is 23.2 Å². The first-order valence-corrected chi connectivity index (χ1v) is 7.51. The van der Waals surface area contributed by atoms with Crippen molar-refractivity contribution in [3.63, 3.8) is 0 Å². The van der Waals surface area contributed by atoms with Crippen LogP contribution in [0, 0.1) is 0 Å². The predicted octanol–water partition coefficient (Wildman–Crippen LogP) is 3.95. The molecule has 0 fully saturated rings. The Morgan fingerprint density at radius 2 is 2.04 bits per heavy atom. The Hall–Kier alpha value is -2.82. The predicted molar refractivity (Wildman–Crippen MR) is 91.1 cm³/mol. The molecule has 0 aliphatic heterocycles. The van der Waals surface area contributed by atoms with Crippen LogP contribution in [0.4, 0.5) is 5.69 Å². The van der Waals surface area contributed by atoms with Crippen molar-refractivity contribution in [2.75, 3.05) is 12.4 Å². The number of nitrogens with one attached hydrogen (secondary N) is 2. The number of nitrogens with zero attached hydrogens (tertiary/aromatic N) is 1. The van der Waals surface area contributed by atoms with Gasteiger partial charge in [0, 0.05) is 11.1 Å². The average molecular weight is 309 g/mol. The molecule has 3 aromatic rings. The van der Waals surface area contributed by atoms with E-state index in [1.54, 1.807) is 13.3 Å². The number of anilines is 1. The number of hydrogen-bond donors (Lipinski definition) is 2. The molecule has 0 atom stereocenters. The second-order valence-corrected chi connectivity index (χ2v) is 5.74. The van der Waals surface area contributed by atoms with E-state index in [9.17, 15) is 4.79 Å². The van der Waals surface area contributed by atoms with Crippen molar-refractivity contribution in [1.29, 1.82) is 0 Å². The van der Waals surface area contributed by atoms with Crippen LogP contribution in [0.5, 0.6) is 5.75 Å². The van der Waals surface area contributed by atoms with Gasteiger partial charge in [-0.3, -0.25) is 9.89 Å². The summed E-state index contributed by atoms with van der Waals surface area (Å²) >= 11 is 0. The van der Waals surface area contributed by atoms with Crippen LogP contribution in [0.25, 0.3) is 10.9 Å². The molecule has 5 heteroatoms. The highest BCUT2D eigenvalue weighted by atomic mass is 16.5. The number of methoxy groups -OCH3 is 1. The number of aromatic nitrogens is 2. The van der Waals surface area contributed by atoms with Crippen molar-refractivity contribution in [2.24, 2.45) is 0 Å². The first-order chi connectivity index (χ1) is 11.1. The minimum Gasteiger partial charge on any atom is -0.496 e. The number of carbonyl (C=O) groups is 1. The van der Waals surface area contributed by atoms with Crippen LogP contribution in [-0.2, 0) is 0 Å². The number of hydrogen-bond acceptors (Lipinski definition) is 3. The molecule has 0 radical (unpaired) electrons. The van der Waals surface area contributed by atoms with Gasteiger partial charge in [-0.1, -0.05) is 19.9 Å². The lowest BCUT2D eigenvalue weighted by molar-refractivity contribution is 0.102. The minimum atomic E-state index is -0.191. The van der Waals surface area contributed by atoms with E-state index in [0.717, 1.165) is 16.5 Å². The largest absolute Gasteiger partial charge is 0.496 e. The molecule has 0 unspecified atom stereocenters. The Labute approximate surface area is 134 Å². The molecule has 1 heterocycles. The Bertz CT molecular complexity index is 852. The molecule has 5 nitrogen and oxygen atoms in total. The van der Waals surface area contributed by atoms with Gasteiger partial charge in [0.25, 0.3) is 5.91 Å². The molecular weight excluding hydrogens is 290 g/mol. The molecule has 1 amide bonds. The zero-order valence-corrected chi connectivity index (χ0v) is 13.4. The third-order valence-corrected chi connectivity index (χ3v) is 3.83. The van der Waals surface area contributed by atoms with E-state index in [0.29, 0.717) is 22.9 Å². The van der Waals surface area contributed by atoms with E-state index in [1.807, 2.05) is 36.4 Å². The number of H-pyrrole nitrogens is 1. The highest BCUT2D eigenvalue weighted by Crippen LogP contribution is 2.25. The smallest absolute Gasteiger partial charge is 0.259 e. The molecule has 3 rings (SSSR count). The standard InChI is InChI=1S/C18H19N3O2/c1-11(2)12-5-7-17(23-3)15(8-12)18(22)20-14-6-4-13-10-19-21-16(13)9-14/h4-11H,1-3H3,(H,19,21)(H,20,22). The first kappa shape index (κ1) is 15.1. The molecule has 2 aromatic carbocycles. The summed E-state index contributed by atoms with van der Waals surface area (Å²) in [6, 6.07) is 11.3. The van der Waals surface area contributed by atoms with Crippen molar-refractivity contribution in [3.05, 3.63) is 53.7 Å². The molecule has 0 spiro atoms.